The van der Waals surface area contributed by atoms with Gasteiger partial charge in [-0.2, -0.15) is 0 Å². The fourth-order valence-corrected chi connectivity index (χ4v) is 5.77. The molecule has 29 heavy (non-hydrogen) atoms. The lowest BCUT2D eigenvalue weighted by Crippen LogP contribution is -3.09. The monoisotopic (exact) mass is 423 g/mol. The number of aryl methyl sites for hydroxylation is 1. The first kappa shape index (κ1) is 18.6. The number of hydrogen-bond acceptors (Lipinski definition) is 5. The zero-order valence-corrected chi connectivity index (χ0v) is 18.2. The van der Waals surface area contributed by atoms with E-state index in [0.717, 1.165) is 47.2 Å². The summed E-state index contributed by atoms with van der Waals surface area (Å²) in [5.74, 6) is 1.68. The van der Waals surface area contributed by atoms with E-state index in [0.29, 0.717) is 6.61 Å². The second-order valence-corrected chi connectivity index (χ2v) is 9.77. The van der Waals surface area contributed by atoms with E-state index >= 15 is 0 Å². The molecule has 1 aliphatic rings. The number of benzene rings is 2. The van der Waals surface area contributed by atoms with Gasteiger partial charge in [0, 0.05) is 10.4 Å². The number of ether oxygens (including phenoxy) is 2. The highest BCUT2D eigenvalue weighted by Crippen LogP contribution is 2.39. The molecule has 4 nitrogen and oxygen atoms in total. The smallest absolute Gasteiger partial charge is 0.170 e. The number of hydrogen-bond donors (Lipinski definition) is 1. The number of methoxy groups -OCH3 is 1. The molecule has 2 aromatic heterocycles. The number of aromatic nitrogens is 1. The Morgan fingerprint density at radius 3 is 2.83 bits per heavy atom. The minimum absolute atomic E-state index is 0.698. The molecule has 1 aliphatic heterocycles. The van der Waals surface area contributed by atoms with E-state index in [2.05, 4.69) is 49.4 Å². The van der Waals surface area contributed by atoms with Crippen molar-refractivity contribution in [1.29, 1.82) is 0 Å². The van der Waals surface area contributed by atoms with Gasteiger partial charge < -0.3 is 14.4 Å². The Morgan fingerprint density at radius 1 is 1.14 bits per heavy atom. The molecule has 6 heteroatoms. The molecule has 0 aliphatic carbocycles. The Hall–Kier alpha value is -2.41. The maximum atomic E-state index is 6.13. The zero-order valence-electron chi connectivity index (χ0n) is 16.5. The van der Waals surface area contributed by atoms with Crippen LogP contribution in [0.15, 0.2) is 48.5 Å². The Morgan fingerprint density at radius 2 is 2.03 bits per heavy atom. The number of nitrogens with one attached hydrogen (secondary N) is 1. The number of nitrogens with zero attached hydrogens (tertiary/aromatic N) is 1. The molecule has 0 spiro atoms. The van der Waals surface area contributed by atoms with Crippen molar-refractivity contribution < 1.29 is 14.4 Å². The lowest BCUT2D eigenvalue weighted by molar-refractivity contribution is -0.926. The molecule has 0 radical (unpaired) electrons. The molecule has 0 bridgehead atoms. The van der Waals surface area contributed by atoms with Gasteiger partial charge in [-0.1, -0.05) is 12.1 Å². The summed E-state index contributed by atoms with van der Waals surface area (Å²) in [7, 11) is 1.71. The first-order valence-electron chi connectivity index (χ1n) is 9.78. The predicted molar refractivity (Wildman–Crippen MR) is 119 cm³/mol. The molecule has 1 unspecified atom stereocenters. The third kappa shape index (κ3) is 3.75. The quantitative estimate of drug-likeness (QED) is 0.531. The minimum Gasteiger partial charge on any atom is -0.493 e. The Labute approximate surface area is 178 Å². The van der Waals surface area contributed by atoms with Crippen LogP contribution in [0.25, 0.3) is 20.8 Å². The normalized spacial score (nSPS) is 16.3. The van der Waals surface area contributed by atoms with Crippen molar-refractivity contribution in [2.45, 2.75) is 20.0 Å². The topological polar surface area (TPSA) is 35.8 Å². The SMILES string of the molecule is COc1cc(-c2nc3ccccc3s2)cc2c1OCC[NH+](Cc1ccc(C)s1)C2. The molecule has 3 heterocycles. The first-order valence-corrected chi connectivity index (χ1v) is 11.4. The maximum absolute atomic E-state index is 6.13. The van der Waals surface area contributed by atoms with Crippen LogP contribution < -0.4 is 14.4 Å². The van der Waals surface area contributed by atoms with Crippen molar-refractivity contribution in [3.8, 4) is 22.1 Å². The highest BCUT2D eigenvalue weighted by Gasteiger charge is 2.24. The minimum atomic E-state index is 0.698. The summed E-state index contributed by atoms with van der Waals surface area (Å²) < 4.78 is 13.0. The average Bonchev–Trinajstić information content (AvgIpc) is 3.28. The van der Waals surface area contributed by atoms with Crippen molar-refractivity contribution >= 4 is 32.9 Å². The molecule has 5 rings (SSSR count). The molecule has 0 saturated heterocycles. The van der Waals surface area contributed by atoms with Gasteiger partial charge in [0.1, 0.15) is 31.2 Å². The molecule has 1 atom stereocenters. The summed E-state index contributed by atoms with van der Waals surface area (Å²) in [6, 6.07) is 17.0. The summed E-state index contributed by atoms with van der Waals surface area (Å²) in [5, 5.41) is 1.02. The van der Waals surface area contributed by atoms with E-state index < -0.39 is 0 Å². The van der Waals surface area contributed by atoms with Gasteiger partial charge in [-0.05, 0) is 43.3 Å². The number of rotatable bonds is 4. The fourth-order valence-electron chi connectivity index (χ4n) is 3.86. The number of thiazole rings is 1. The highest BCUT2D eigenvalue weighted by molar-refractivity contribution is 7.21. The van der Waals surface area contributed by atoms with Gasteiger partial charge in [0.2, 0.25) is 0 Å². The second-order valence-electron chi connectivity index (χ2n) is 7.37. The zero-order chi connectivity index (χ0) is 19.8. The summed E-state index contributed by atoms with van der Waals surface area (Å²) >= 11 is 3.60. The van der Waals surface area contributed by atoms with E-state index in [4.69, 9.17) is 14.5 Å². The van der Waals surface area contributed by atoms with E-state index in [1.807, 2.05) is 17.4 Å². The molecule has 1 N–H and O–H groups in total. The van der Waals surface area contributed by atoms with Gasteiger partial charge >= 0.3 is 0 Å². The molecule has 4 aromatic rings. The fraction of sp³-hybridized carbons (Fsp3) is 0.261. The van der Waals surface area contributed by atoms with Crippen LogP contribution in [0.4, 0.5) is 0 Å². The highest BCUT2D eigenvalue weighted by atomic mass is 32.1. The largest absolute Gasteiger partial charge is 0.493 e. The number of quaternary nitrogens is 1. The van der Waals surface area contributed by atoms with Crippen molar-refractivity contribution in [2.24, 2.45) is 0 Å². The van der Waals surface area contributed by atoms with Crippen LogP contribution >= 0.6 is 22.7 Å². The van der Waals surface area contributed by atoms with Crippen LogP contribution in [-0.4, -0.2) is 25.2 Å². The van der Waals surface area contributed by atoms with Crippen LogP contribution in [0.2, 0.25) is 0 Å². The molecular weight excluding hydrogens is 400 g/mol. The summed E-state index contributed by atoms with van der Waals surface area (Å²) in [6.07, 6.45) is 0. The van der Waals surface area contributed by atoms with Gasteiger partial charge in [-0.3, -0.25) is 0 Å². The predicted octanol–water partition coefficient (Wildman–Crippen LogP) is 4.32. The molecular formula is C23H23N2O2S2+. The molecule has 148 valence electrons. The Balaban J connectivity index is 1.51. The molecule has 0 amide bonds. The van der Waals surface area contributed by atoms with Crippen LogP contribution in [0.3, 0.4) is 0 Å². The third-order valence-electron chi connectivity index (χ3n) is 5.26. The van der Waals surface area contributed by atoms with Gasteiger partial charge in [-0.15, -0.1) is 22.7 Å². The summed E-state index contributed by atoms with van der Waals surface area (Å²) in [5.41, 5.74) is 3.33. The van der Waals surface area contributed by atoms with Crippen LogP contribution in [0.5, 0.6) is 11.5 Å². The Bertz CT molecular complexity index is 1130. The molecule has 2 aromatic carbocycles. The van der Waals surface area contributed by atoms with E-state index in [9.17, 15) is 0 Å². The van der Waals surface area contributed by atoms with Crippen LogP contribution in [0.1, 0.15) is 15.3 Å². The maximum Gasteiger partial charge on any atom is 0.170 e. The van der Waals surface area contributed by atoms with E-state index in [-0.39, 0.29) is 0 Å². The number of fused-ring (bicyclic) bond motifs is 2. The van der Waals surface area contributed by atoms with E-state index in [1.165, 1.54) is 24.9 Å². The number of para-hydroxylation sites is 1. The van der Waals surface area contributed by atoms with Gasteiger partial charge in [0.15, 0.2) is 11.5 Å². The van der Waals surface area contributed by atoms with Crippen molar-refractivity contribution in [2.75, 3.05) is 20.3 Å². The van der Waals surface area contributed by atoms with Gasteiger partial charge in [0.05, 0.1) is 27.8 Å². The van der Waals surface area contributed by atoms with E-state index in [1.54, 1.807) is 18.4 Å². The lowest BCUT2D eigenvalue weighted by Gasteiger charge is -2.16. The van der Waals surface area contributed by atoms with Gasteiger partial charge in [0.25, 0.3) is 0 Å². The standard InChI is InChI=1S/C23H22N2O2S2/c1-15-7-8-18(28-15)14-25-9-10-27-22-17(13-25)11-16(12-20(22)26-2)23-24-19-5-3-4-6-21(19)29-23/h3-8,11-12H,9-10,13-14H2,1-2H3/p+1. The van der Waals surface area contributed by atoms with Crippen LogP contribution in [-0.2, 0) is 13.1 Å². The van der Waals surface area contributed by atoms with Crippen LogP contribution in [0, 0.1) is 6.92 Å². The first-order chi connectivity index (χ1) is 14.2. The average molecular weight is 424 g/mol. The summed E-state index contributed by atoms with van der Waals surface area (Å²) in [6.45, 7) is 5.78. The summed E-state index contributed by atoms with van der Waals surface area (Å²) in [4.78, 5) is 9.14. The van der Waals surface area contributed by atoms with Crippen molar-refractivity contribution in [1.82, 2.24) is 4.98 Å². The molecule has 0 saturated carbocycles. The van der Waals surface area contributed by atoms with Gasteiger partial charge in [-0.25, -0.2) is 4.98 Å². The Kier molecular flexibility index (Phi) is 4.99. The van der Waals surface area contributed by atoms with Crippen molar-refractivity contribution in [3.05, 3.63) is 63.8 Å². The number of thiophene rings is 1. The second kappa shape index (κ2) is 7.78. The lowest BCUT2D eigenvalue weighted by atomic mass is 10.1. The molecule has 0 fully saturated rings. The third-order valence-corrected chi connectivity index (χ3v) is 7.34. The van der Waals surface area contributed by atoms with Crippen molar-refractivity contribution in [3.63, 3.8) is 0 Å².